The summed E-state index contributed by atoms with van der Waals surface area (Å²) in [4.78, 5) is 18.4. The first-order valence-corrected chi connectivity index (χ1v) is 8.07. The second kappa shape index (κ2) is 6.26. The number of nitrogens with zero attached hydrogens (tertiary/aromatic N) is 2. The molecular weight excluding hydrogens is 284 g/mol. The van der Waals surface area contributed by atoms with Crippen molar-refractivity contribution >= 4 is 22.4 Å². The quantitative estimate of drug-likeness (QED) is 0.864. The molecule has 0 spiro atoms. The number of carbonyl (C=O) groups excluding carboxylic acids is 1. The number of ether oxygens (including phenoxy) is 1. The lowest BCUT2D eigenvalue weighted by atomic mass is 10.1. The van der Waals surface area contributed by atoms with Gasteiger partial charge >= 0.3 is 0 Å². The van der Waals surface area contributed by atoms with Gasteiger partial charge in [0.05, 0.1) is 11.7 Å². The van der Waals surface area contributed by atoms with Crippen LogP contribution in [-0.2, 0) is 0 Å². The number of para-hydroxylation sites is 1. The van der Waals surface area contributed by atoms with Crippen LogP contribution in [0.25, 0.3) is 0 Å². The van der Waals surface area contributed by atoms with Crippen molar-refractivity contribution in [2.24, 2.45) is 0 Å². The second-order valence-corrected chi connectivity index (χ2v) is 6.07. The molecule has 5 heteroatoms. The molecule has 0 aliphatic heterocycles. The van der Waals surface area contributed by atoms with Gasteiger partial charge in [-0.15, -0.1) is 11.3 Å². The van der Waals surface area contributed by atoms with Crippen LogP contribution in [0.5, 0.6) is 5.75 Å². The summed E-state index contributed by atoms with van der Waals surface area (Å²) >= 11 is 1.45. The number of hydrogen-bond acceptors (Lipinski definition) is 4. The van der Waals surface area contributed by atoms with E-state index < -0.39 is 0 Å². The molecule has 21 heavy (non-hydrogen) atoms. The van der Waals surface area contributed by atoms with E-state index in [4.69, 9.17) is 4.74 Å². The first-order valence-electron chi connectivity index (χ1n) is 7.19. The summed E-state index contributed by atoms with van der Waals surface area (Å²) < 4.78 is 6.03. The Bertz CT molecular complexity index is 606. The molecule has 1 saturated carbocycles. The van der Waals surface area contributed by atoms with Crippen LogP contribution in [0.3, 0.4) is 0 Å². The van der Waals surface area contributed by atoms with E-state index >= 15 is 0 Å². The third-order valence-electron chi connectivity index (χ3n) is 3.72. The molecule has 1 aliphatic rings. The van der Waals surface area contributed by atoms with E-state index in [1.54, 1.807) is 18.1 Å². The van der Waals surface area contributed by atoms with Gasteiger partial charge in [-0.3, -0.25) is 9.69 Å². The zero-order valence-corrected chi connectivity index (χ0v) is 12.8. The lowest BCUT2D eigenvalue weighted by Gasteiger charge is -2.19. The molecular formula is C16H18N2O2S. The molecule has 1 aliphatic carbocycles. The fraction of sp³-hybridized carbons (Fsp3) is 0.375. The van der Waals surface area contributed by atoms with Gasteiger partial charge in [-0.05, 0) is 37.8 Å². The number of hydrogen-bond donors (Lipinski definition) is 0. The molecule has 1 fully saturated rings. The van der Waals surface area contributed by atoms with Gasteiger partial charge in [-0.25, -0.2) is 4.98 Å². The van der Waals surface area contributed by atoms with Crippen LogP contribution in [0.2, 0.25) is 0 Å². The van der Waals surface area contributed by atoms with Gasteiger partial charge in [0.1, 0.15) is 5.75 Å². The van der Waals surface area contributed by atoms with Crippen LogP contribution in [-0.4, -0.2) is 24.0 Å². The van der Waals surface area contributed by atoms with E-state index in [0.717, 1.165) is 12.8 Å². The molecule has 1 amide bonds. The Morgan fingerprint density at radius 3 is 2.81 bits per heavy atom. The van der Waals surface area contributed by atoms with Gasteiger partial charge in [0.25, 0.3) is 5.91 Å². The largest absolute Gasteiger partial charge is 0.490 e. The molecule has 4 nitrogen and oxygen atoms in total. The summed E-state index contributed by atoms with van der Waals surface area (Å²) in [5.41, 5.74) is 0.599. The van der Waals surface area contributed by atoms with Crippen molar-refractivity contribution < 1.29 is 9.53 Å². The highest BCUT2D eigenvalue weighted by molar-refractivity contribution is 7.13. The molecule has 0 saturated heterocycles. The number of thiazole rings is 1. The topological polar surface area (TPSA) is 42.4 Å². The average molecular weight is 302 g/mol. The number of carbonyl (C=O) groups is 1. The zero-order chi connectivity index (χ0) is 14.7. The maximum Gasteiger partial charge on any atom is 0.263 e. The third kappa shape index (κ3) is 3.08. The molecule has 110 valence electrons. The lowest BCUT2D eigenvalue weighted by molar-refractivity contribution is 0.0985. The Hall–Kier alpha value is -1.88. The summed E-state index contributed by atoms with van der Waals surface area (Å²) in [7, 11) is 1.74. The Kier molecular flexibility index (Phi) is 4.20. The maximum absolute atomic E-state index is 12.7. The first kappa shape index (κ1) is 14.1. The molecule has 2 aromatic rings. The number of rotatable bonds is 4. The van der Waals surface area contributed by atoms with Crippen LogP contribution in [0.15, 0.2) is 35.8 Å². The van der Waals surface area contributed by atoms with Crippen LogP contribution < -0.4 is 9.64 Å². The molecule has 1 aromatic heterocycles. The Morgan fingerprint density at radius 1 is 1.33 bits per heavy atom. The van der Waals surface area contributed by atoms with E-state index in [-0.39, 0.29) is 12.0 Å². The monoisotopic (exact) mass is 302 g/mol. The van der Waals surface area contributed by atoms with Crippen molar-refractivity contribution in [3.05, 3.63) is 41.4 Å². The standard InChI is InChI=1S/C16H18N2O2S/c1-18(16-17-10-11-21-16)15(19)13-8-4-5-9-14(13)20-12-6-2-3-7-12/h4-5,8-12H,2-3,6-7H2,1H3. The lowest BCUT2D eigenvalue weighted by Crippen LogP contribution is -2.27. The van der Waals surface area contributed by atoms with E-state index in [9.17, 15) is 4.79 Å². The summed E-state index contributed by atoms with van der Waals surface area (Å²) in [5, 5.41) is 2.55. The normalized spacial score (nSPS) is 15.1. The predicted octanol–water partition coefficient (Wildman–Crippen LogP) is 3.74. The fourth-order valence-corrected chi connectivity index (χ4v) is 3.19. The minimum absolute atomic E-state index is 0.0847. The average Bonchev–Trinajstić information content (AvgIpc) is 3.19. The number of benzene rings is 1. The third-order valence-corrected chi connectivity index (χ3v) is 4.57. The van der Waals surface area contributed by atoms with Gasteiger partial charge in [0.15, 0.2) is 5.13 Å². The fourth-order valence-electron chi connectivity index (χ4n) is 2.58. The minimum atomic E-state index is -0.0847. The highest BCUT2D eigenvalue weighted by Crippen LogP contribution is 2.28. The number of amides is 1. The van der Waals surface area contributed by atoms with Crippen molar-refractivity contribution in [1.29, 1.82) is 0 Å². The molecule has 0 N–H and O–H groups in total. The van der Waals surface area contributed by atoms with Gasteiger partial charge in [-0.2, -0.15) is 0 Å². The van der Waals surface area contributed by atoms with Crippen molar-refractivity contribution in [2.75, 3.05) is 11.9 Å². The van der Waals surface area contributed by atoms with E-state index in [2.05, 4.69) is 4.98 Å². The van der Waals surface area contributed by atoms with Crippen LogP contribution in [0.4, 0.5) is 5.13 Å². The highest BCUT2D eigenvalue weighted by atomic mass is 32.1. The second-order valence-electron chi connectivity index (χ2n) is 5.20. The smallest absolute Gasteiger partial charge is 0.263 e. The number of anilines is 1. The SMILES string of the molecule is CN(C(=O)c1ccccc1OC1CCCC1)c1nccs1. The van der Waals surface area contributed by atoms with Crippen molar-refractivity contribution in [2.45, 2.75) is 31.8 Å². The van der Waals surface area contributed by atoms with E-state index in [1.165, 1.54) is 24.2 Å². The summed E-state index contributed by atoms with van der Waals surface area (Å²) in [6, 6.07) is 7.47. The van der Waals surface area contributed by atoms with E-state index in [0.29, 0.717) is 16.4 Å². The van der Waals surface area contributed by atoms with Crippen LogP contribution in [0.1, 0.15) is 36.0 Å². The molecule has 0 atom stereocenters. The Balaban J connectivity index is 1.82. The molecule has 1 aromatic carbocycles. The molecule has 1 heterocycles. The maximum atomic E-state index is 12.7. The van der Waals surface area contributed by atoms with Gasteiger partial charge in [0.2, 0.25) is 0 Å². The minimum Gasteiger partial charge on any atom is -0.490 e. The molecule has 0 unspecified atom stereocenters. The van der Waals surface area contributed by atoms with Gasteiger partial charge in [-0.1, -0.05) is 12.1 Å². The van der Waals surface area contributed by atoms with E-state index in [1.807, 2.05) is 29.6 Å². The first-order chi connectivity index (χ1) is 10.3. The van der Waals surface area contributed by atoms with Crippen LogP contribution >= 0.6 is 11.3 Å². The van der Waals surface area contributed by atoms with Crippen molar-refractivity contribution in [3.8, 4) is 5.75 Å². The van der Waals surface area contributed by atoms with Gasteiger partial charge in [0, 0.05) is 18.6 Å². The predicted molar refractivity (Wildman–Crippen MR) is 84.2 cm³/mol. The van der Waals surface area contributed by atoms with Crippen molar-refractivity contribution in [3.63, 3.8) is 0 Å². The zero-order valence-electron chi connectivity index (χ0n) is 12.0. The number of aromatic nitrogens is 1. The molecule has 0 bridgehead atoms. The molecule has 0 radical (unpaired) electrons. The van der Waals surface area contributed by atoms with Crippen molar-refractivity contribution in [1.82, 2.24) is 4.98 Å². The highest BCUT2D eigenvalue weighted by Gasteiger charge is 2.22. The summed E-state index contributed by atoms with van der Waals surface area (Å²) in [5.74, 6) is 0.594. The summed E-state index contributed by atoms with van der Waals surface area (Å²) in [6.07, 6.45) is 6.50. The van der Waals surface area contributed by atoms with Crippen LogP contribution in [0, 0.1) is 0 Å². The summed E-state index contributed by atoms with van der Waals surface area (Å²) in [6.45, 7) is 0. The molecule has 3 rings (SSSR count). The Morgan fingerprint density at radius 2 is 2.10 bits per heavy atom. The van der Waals surface area contributed by atoms with Gasteiger partial charge < -0.3 is 4.74 Å². The Labute approximate surface area is 128 Å².